The van der Waals surface area contributed by atoms with Crippen LogP contribution in [0.4, 0.5) is 0 Å². The Labute approximate surface area is 84.7 Å². The van der Waals surface area contributed by atoms with Crippen molar-refractivity contribution in [1.82, 2.24) is 15.0 Å². The summed E-state index contributed by atoms with van der Waals surface area (Å²) in [5.41, 5.74) is 0.415. The van der Waals surface area contributed by atoms with Crippen molar-refractivity contribution in [2.24, 2.45) is 0 Å². The van der Waals surface area contributed by atoms with Crippen molar-refractivity contribution < 1.29 is 4.79 Å². The van der Waals surface area contributed by atoms with Gasteiger partial charge in [0.2, 0.25) is 0 Å². The Morgan fingerprint density at radius 1 is 1.36 bits per heavy atom. The van der Waals surface area contributed by atoms with Crippen LogP contribution in [-0.2, 0) is 0 Å². The monoisotopic (exact) mass is 205 g/mol. The molecule has 70 valence electrons. The highest BCUT2D eigenvalue weighted by atomic mass is 32.1. The molecule has 0 fully saturated rings. The molecular formula is C9H7N3OS. The number of hydrogen-bond donors (Lipinski definition) is 0. The number of rotatable bonds is 2. The van der Waals surface area contributed by atoms with Crippen LogP contribution in [-0.4, -0.2) is 21.2 Å². The zero-order valence-electron chi connectivity index (χ0n) is 7.47. The summed E-state index contributed by atoms with van der Waals surface area (Å²) in [6, 6.07) is 1.73. The van der Waals surface area contributed by atoms with Gasteiger partial charge in [-0.05, 0) is 13.0 Å². The van der Waals surface area contributed by atoms with Gasteiger partial charge in [-0.3, -0.25) is 4.79 Å². The summed E-state index contributed by atoms with van der Waals surface area (Å²) in [4.78, 5) is 23.7. The van der Waals surface area contributed by atoms with E-state index in [2.05, 4.69) is 15.0 Å². The quantitative estimate of drug-likeness (QED) is 0.700. The minimum atomic E-state index is 0.415. The van der Waals surface area contributed by atoms with E-state index in [9.17, 15) is 4.79 Å². The first kappa shape index (κ1) is 8.96. The molecule has 0 radical (unpaired) electrons. The van der Waals surface area contributed by atoms with Crippen LogP contribution in [0, 0.1) is 6.92 Å². The van der Waals surface area contributed by atoms with Gasteiger partial charge in [0.25, 0.3) is 0 Å². The highest BCUT2D eigenvalue weighted by Gasteiger charge is 2.11. The molecule has 0 aliphatic heterocycles. The van der Waals surface area contributed by atoms with E-state index in [1.165, 1.54) is 11.3 Å². The molecule has 2 rings (SSSR count). The minimum Gasteiger partial charge on any atom is -0.296 e. The number of aldehydes is 1. The molecule has 0 saturated carbocycles. The Balaban J connectivity index is 2.56. The van der Waals surface area contributed by atoms with Gasteiger partial charge in [0.05, 0.1) is 5.01 Å². The van der Waals surface area contributed by atoms with Gasteiger partial charge in [0.15, 0.2) is 12.1 Å². The van der Waals surface area contributed by atoms with Gasteiger partial charge in [0, 0.05) is 12.4 Å². The summed E-state index contributed by atoms with van der Waals surface area (Å²) in [5, 5.41) is 0.842. The second-order valence-corrected chi connectivity index (χ2v) is 3.84. The highest BCUT2D eigenvalue weighted by Crippen LogP contribution is 2.25. The van der Waals surface area contributed by atoms with E-state index in [0.717, 1.165) is 16.2 Å². The molecule has 5 heteroatoms. The van der Waals surface area contributed by atoms with Gasteiger partial charge in [0.1, 0.15) is 10.6 Å². The van der Waals surface area contributed by atoms with Crippen molar-refractivity contribution in [2.75, 3.05) is 0 Å². The molecule has 0 aromatic carbocycles. The molecule has 0 spiro atoms. The Hall–Kier alpha value is -1.62. The largest absolute Gasteiger partial charge is 0.296 e. The molecule has 0 bridgehead atoms. The number of aromatic nitrogens is 3. The topological polar surface area (TPSA) is 55.7 Å². The number of aryl methyl sites for hydroxylation is 1. The number of thiazole rings is 1. The second-order valence-electron chi connectivity index (χ2n) is 2.64. The van der Waals surface area contributed by atoms with Gasteiger partial charge >= 0.3 is 0 Å². The van der Waals surface area contributed by atoms with E-state index in [4.69, 9.17) is 0 Å². The third-order valence-corrected chi connectivity index (χ3v) is 2.62. The molecule has 0 aliphatic carbocycles. The Bertz CT molecular complexity index is 452. The molecule has 2 aromatic rings. The summed E-state index contributed by atoms with van der Waals surface area (Å²) in [7, 11) is 0. The summed E-state index contributed by atoms with van der Waals surface area (Å²) in [5.74, 6) is 0.556. The molecule has 4 nitrogen and oxygen atoms in total. The predicted molar refractivity (Wildman–Crippen MR) is 53.3 cm³/mol. The van der Waals surface area contributed by atoms with Gasteiger partial charge < -0.3 is 0 Å². The predicted octanol–water partition coefficient (Wildman–Crippen LogP) is 1.72. The first-order valence-corrected chi connectivity index (χ1v) is 4.83. The average Bonchev–Trinajstić information content (AvgIpc) is 2.61. The van der Waals surface area contributed by atoms with Crippen LogP contribution in [0.3, 0.4) is 0 Å². The van der Waals surface area contributed by atoms with Gasteiger partial charge in [-0.25, -0.2) is 15.0 Å². The fourth-order valence-corrected chi connectivity index (χ4v) is 1.93. The molecule has 2 heterocycles. The lowest BCUT2D eigenvalue weighted by Crippen LogP contribution is -1.88. The van der Waals surface area contributed by atoms with Crippen molar-refractivity contribution in [2.45, 2.75) is 6.92 Å². The van der Waals surface area contributed by atoms with E-state index in [-0.39, 0.29) is 0 Å². The lowest BCUT2D eigenvalue weighted by molar-refractivity contribution is 0.112. The SMILES string of the molecule is Cc1nc(C=O)c(-c2ncccn2)s1. The molecule has 0 unspecified atom stereocenters. The fraction of sp³-hybridized carbons (Fsp3) is 0.111. The summed E-state index contributed by atoms with van der Waals surface area (Å²) in [6.45, 7) is 1.85. The average molecular weight is 205 g/mol. The number of hydrogen-bond acceptors (Lipinski definition) is 5. The zero-order chi connectivity index (χ0) is 9.97. The van der Waals surface area contributed by atoms with Gasteiger partial charge in [-0.2, -0.15) is 0 Å². The zero-order valence-corrected chi connectivity index (χ0v) is 8.28. The van der Waals surface area contributed by atoms with Crippen LogP contribution in [0.1, 0.15) is 15.5 Å². The van der Waals surface area contributed by atoms with Crippen molar-refractivity contribution in [3.05, 3.63) is 29.2 Å². The summed E-state index contributed by atoms with van der Waals surface area (Å²) >= 11 is 1.42. The van der Waals surface area contributed by atoms with E-state index >= 15 is 0 Å². The maximum absolute atomic E-state index is 10.7. The van der Waals surface area contributed by atoms with E-state index in [0.29, 0.717) is 11.5 Å². The lowest BCUT2D eigenvalue weighted by atomic mass is 10.3. The van der Waals surface area contributed by atoms with Gasteiger partial charge in [-0.1, -0.05) is 0 Å². The molecule has 0 amide bonds. The molecule has 0 N–H and O–H groups in total. The second kappa shape index (κ2) is 3.63. The maximum Gasteiger partial charge on any atom is 0.171 e. The first-order valence-electron chi connectivity index (χ1n) is 4.01. The van der Waals surface area contributed by atoms with Crippen LogP contribution in [0.5, 0.6) is 0 Å². The Morgan fingerprint density at radius 3 is 2.71 bits per heavy atom. The van der Waals surface area contributed by atoms with Crippen molar-refractivity contribution in [3.63, 3.8) is 0 Å². The fourth-order valence-electron chi connectivity index (χ4n) is 1.10. The summed E-state index contributed by atoms with van der Waals surface area (Å²) < 4.78 is 0. The molecule has 2 aromatic heterocycles. The number of nitrogens with zero attached hydrogens (tertiary/aromatic N) is 3. The Kier molecular flexibility index (Phi) is 2.32. The van der Waals surface area contributed by atoms with Crippen molar-refractivity contribution in [3.8, 4) is 10.7 Å². The van der Waals surface area contributed by atoms with E-state index in [1.807, 2.05) is 6.92 Å². The minimum absolute atomic E-state index is 0.415. The number of carbonyl (C=O) groups excluding carboxylic acids is 1. The normalized spacial score (nSPS) is 10.1. The third-order valence-electron chi connectivity index (χ3n) is 1.64. The third kappa shape index (κ3) is 1.54. The molecular weight excluding hydrogens is 198 g/mol. The van der Waals surface area contributed by atoms with Crippen LogP contribution >= 0.6 is 11.3 Å². The van der Waals surface area contributed by atoms with Crippen LogP contribution in [0.2, 0.25) is 0 Å². The first-order chi connectivity index (χ1) is 6.81. The van der Waals surface area contributed by atoms with Crippen LogP contribution in [0.25, 0.3) is 10.7 Å². The van der Waals surface area contributed by atoms with E-state index in [1.54, 1.807) is 18.5 Å². The molecule has 14 heavy (non-hydrogen) atoms. The molecule has 0 atom stereocenters. The highest BCUT2D eigenvalue weighted by molar-refractivity contribution is 7.15. The van der Waals surface area contributed by atoms with Crippen LogP contribution < -0.4 is 0 Å². The maximum atomic E-state index is 10.7. The smallest absolute Gasteiger partial charge is 0.171 e. The lowest BCUT2D eigenvalue weighted by Gasteiger charge is -1.93. The van der Waals surface area contributed by atoms with Crippen LogP contribution in [0.15, 0.2) is 18.5 Å². The van der Waals surface area contributed by atoms with Crippen molar-refractivity contribution >= 4 is 17.6 Å². The van der Waals surface area contributed by atoms with E-state index < -0.39 is 0 Å². The van der Waals surface area contributed by atoms with Crippen molar-refractivity contribution in [1.29, 1.82) is 0 Å². The summed E-state index contributed by atoms with van der Waals surface area (Å²) in [6.07, 6.45) is 4.02. The molecule has 0 saturated heterocycles. The number of carbonyl (C=O) groups is 1. The van der Waals surface area contributed by atoms with Gasteiger partial charge in [-0.15, -0.1) is 11.3 Å². The molecule has 0 aliphatic rings. The standard InChI is InChI=1S/C9H7N3OS/c1-6-12-7(5-13)8(14-6)9-10-3-2-4-11-9/h2-5H,1H3. The Morgan fingerprint density at radius 2 is 2.07 bits per heavy atom.